The molecule has 0 amide bonds. The second-order valence-corrected chi connectivity index (χ2v) is 15.2. The second kappa shape index (κ2) is 7.12. The van der Waals surface area contributed by atoms with Crippen LogP contribution in [0, 0.1) is 50.2 Å². The third-order valence-electron chi connectivity index (χ3n) is 13.0. The number of hydrogen-bond donors (Lipinski definition) is 3. The Bertz CT molecular complexity index is 919. The average molecular weight is 473 g/mol. The van der Waals surface area contributed by atoms with Crippen LogP contribution in [0.2, 0.25) is 0 Å². The van der Waals surface area contributed by atoms with Crippen molar-refractivity contribution in [3.63, 3.8) is 0 Å². The first kappa shape index (κ1) is 24.8. The molecule has 2 unspecified atom stereocenters. The van der Waals surface area contributed by atoms with Gasteiger partial charge in [-0.05, 0) is 103 Å². The van der Waals surface area contributed by atoms with Crippen molar-refractivity contribution in [2.75, 3.05) is 0 Å². The van der Waals surface area contributed by atoms with Crippen LogP contribution < -0.4 is 0 Å². The lowest BCUT2D eigenvalue weighted by atomic mass is 9.33. The van der Waals surface area contributed by atoms with Gasteiger partial charge in [-0.15, -0.1) is 0 Å². The average Bonchev–Trinajstić information content (AvgIpc) is 2.72. The first-order valence-corrected chi connectivity index (χ1v) is 13.9. The molecule has 9 atom stereocenters. The zero-order chi connectivity index (χ0) is 25.1. The molecule has 0 aromatic carbocycles. The third-order valence-corrected chi connectivity index (χ3v) is 13.0. The Hall–Kier alpha value is -0.870. The maximum Gasteiger partial charge on any atom is 0.310 e. The molecule has 0 radical (unpaired) electrons. The van der Waals surface area contributed by atoms with Crippen LogP contribution >= 0.6 is 0 Å². The molecule has 0 saturated heterocycles. The molecular weight excluding hydrogens is 424 g/mol. The van der Waals surface area contributed by atoms with Gasteiger partial charge in [-0.2, -0.15) is 0 Å². The van der Waals surface area contributed by atoms with Crippen molar-refractivity contribution in [3.05, 3.63) is 11.6 Å². The van der Waals surface area contributed by atoms with Gasteiger partial charge in [-0.25, -0.2) is 0 Å². The molecule has 0 aromatic rings. The number of aliphatic hydroxyl groups excluding tert-OH is 2. The highest BCUT2D eigenvalue weighted by atomic mass is 16.4. The SMILES string of the molecule is CC1(C)CC[C@]2(C(=O)O)CC[C@]3(C)C(=CCC4[C@@]5(C)C[C@@H](O)[C@H](O)C(C)(C)[C@@H]5CC[C@]43C)C2C1. The minimum Gasteiger partial charge on any atom is -0.481 e. The van der Waals surface area contributed by atoms with Gasteiger partial charge in [-0.3, -0.25) is 4.79 Å². The summed E-state index contributed by atoms with van der Waals surface area (Å²) in [6.07, 6.45) is 9.45. The summed E-state index contributed by atoms with van der Waals surface area (Å²) in [5.74, 6) is 0.365. The summed E-state index contributed by atoms with van der Waals surface area (Å²) < 4.78 is 0. The Morgan fingerprint density at radius 3 is 2.18 bits per heavy atom. The molecule has 192 valence electrons. The molecule has 0 bridgehead atoms. The Kier molecular flexibility index (Phi) is 5.20. The normalized spacial score (nSPS) is 53.4. The predicted octanol–water partition coefficient (Wildman–Crippen LogP) is 6.20. The third kappa shape index (κ3) is 2.88. The molecule has 4 fully saturated rings. The highest BCUT2D eigenvalue weighted by Gasteiger charge is 2.70. The van der Waals surface area contributed by atoms with Gasteiger partial charge in [0, 0.05) is 0 Å². The van der Waals surface area contributed by atoms with E-state index in [0.717, 1.165) is 51.4 Å². The van der Waals surface area contributed by atoms with Gasteiger partial charge in [-0.1, -0.05) is 60.1 Å². The van der Waals surface area contributed by atoms with E-state index in [0.29, 0.717) is 18.3 Å². The molecular formula is C30H48O4. The van der Waals surface area contributed by atoms with Crippen molar-refractivity contribution >= 4 is 5.97 Å². The van der Waals surface area contributed by atoms with Crippen LogP contribution in [-0.4, -0.2) is 33.5 Å². The number of carbonyl (C=O) groups is 1. The fourth-order valence-corrected chi connectivity index (χ4v) is 10.8. The lowest BCUT2D eigenvalue weighted by Crippen LogP contribution is -2.67. The van der Waals surface area contributed by atoms with Gasteiger partial charge < -0.3 is 15.3 Å². The van der Waals surface area contributed by atoms with Gasteiger partial charge in [0.2, 0.25) is 0 Å². The Morgan fingerprint density at radius 1 is 0.882 bits per heavy atom. The van der Waals surface area contributed by atoms with E-state index in [1.54, 1.807) is 0 Å². The van der Waals surface area contributed by atoms with Crippen molar-refractivity contribution < 1.29 is 20.1 Å². The van der Waals surface area contributed by atoms with Crippen LogP contribution in [0.5, 0.6) is 0 Å². The van der Waals surface area contributed by atoms with Crippen molar-refractivity contribution in [2.45, 2.75) is 118 Å². The quantitative estimate of drug-likeness (QED) is 0.397. The number of fused-ring (bicyclic) bond motifs is 7. The minimum atomic E-state index is -0.679. The summed E-state index contributed by atoms with van der Waals surface area (Å²) in [4.78, 5) is 12.8. The summed E-state index contributed by atoms with van der Waals surface area (Å²) in [5, 5.41) is 32.4. The maximum atomic E-state index is 12.8. The minimum absolute atomic E-state index is 0.00785. The predicted molar refractivity (Wildman–Crippen MR) is 134 cm³/mol. The van der Waals surface area contributed by atoms with E-state index in [2.05, 4.69) is 54.5 Å². The molecule has 34 heavy (non-hydrogen) atoms. The number of aliphatic carboxylic acids is 1. The summed E-state index contributed by atoms with van der Waals surface area (Å²) in [7, 11) is 0. The van der Waals surface area contributed by atoms with Crippen LogP contribution in [0.15, 0.2) is 11.6 Å². The number of hydrogen-bond acceptors (Lipinski definition) is 3. The van der Waals surface area contributed by atoms with Gasteiger partial charge >= 0.3 is 5.97 Å². The van der Waals surface area contributed by atoms with Crippen molar-refractivity contribution in [2.24, 2.45) is 50.2 Å². The van der Waals surface area contributed by atoms with Crippen LogP contribution in [0.1, 0.15) is 106 Å². The molecule has 0 spiro atoms. The highest BCUT2D eigenvalue weighted by molar-refractivity contribution is 5.76. The molecule has 0 aromatic heterocycles. The van der Waals surface area contributed by atoms with E-state index in [9.17, 15) is 20.1 Å². The maximum absolute atomic E-state index is 12.8. The summed E-state index contributed by atoms with van der Waals surface area (Å²) >= 11 is 0. The molecule has 4 saturated carbocycles. The molecule has 4 nitrogen and oxygen atoms in total. The van der Waals surface area contributed by atoms with Crippen LogP contribution in [0.25, 0.3) is 0 Å². The van der Waals surface area contributed by atoms with Crippen molar-refractivity contribution in [3.8, 4) is 0 Å². The monoisotopic (exact) mass is 472 g/mol. The van der Waals surface area contributed by atoms with E-state index in [1.807, 2.05) is 0 Å². The highest BCUT2D eigenvalue weighted by Crippen LogP contribution is 2.75. The van der Waals surface area contributed by atoms with Crippen LogP contribution in [-0.2, 0) is 4.79 Å². The fraction of sp³-hybridized carbons (Fsp3) is 0.900. The van der Waals surface area contributed by atoms with Gasteiger partial charge in [0.1, 0.15) is 0 Å². The van der Waals surface area contributed by atoms with Crippen LogP contribution in [0.3, 0.4) is 0 Å². The molecule has 5 rings (SSSR count). The van der Waals surface area contributed by atoms with E-state index < -0.39 is 23.6 Å². The number of aliphatic hydroxyl groups is 2. The standard InChI is InChI=1S/C30H48O4/c1-25(2)12-14-30(24(33)34)15-13-28(6)18(19(30)16-25)8-9-22-27(5)17-20(31)23(32)26(3,4)21(27)10-11-29(22,28)7/h8,19-23,31-32H,9-17H2,1-7H3,(H,33,34)/t19?,20-,21+,22?,23+,27+,28-,29-,30+/m1/s1. The Morgan fingerprint density at radius 2 is 1.53 bits per heavy atom. The molecule has 3 N–H and O–H groups in total. The van der Waals surface area contributed by atoms with E-state index in [1.165, 1.54) is 5.57 Å². The van der Waals surface area contributed by atoms with Gasteiger partial charge in [0.05, 0.1) is 17.6 Å². The van der Waals surface area contributed by atoms with E-state index in [4.69, 9.17) is 0 Å². The van der Waals surface area contributed by atoms with Crippen LogP contribution in [0.4, 0.5) is 0 Å². The topological polar surface area (TPSA) is 77.8 Å². The van der Waals surface area contributed by atoms with E-state index in [-0.39, 0.29) is 33.0 Å². The lowest BCUT2D eigenvalue weighted by Gasteiger charge is -2.71. The number of rotatable bonds is 1. The van der Waals surface area contributed by atoms with Gasteiger partial charge in [0.15, 0.2) is 0 Å². The second-order valence-electron chi connectivity index (χ2n) is 15.2. The van der Waals surface area contributed by atoms with Gasteiger partial charge in [0.25, 0.3) is 0 Å². The van der Waals surface area contributed by atoms with Crippen molar-refractivity contribution in [1.29, 1.82) is 0 Å². The lowest BCUT2D eigenvalue weighted by molar-refractivity contribution is -0.231. The first-order valence-electron chi connectivity index (χ1n) is 13.9. The Balaban J connectivity index is 1.61. The fourth-order valence-electron chi connectivity index (χ4n) is 10.8. The smallest absolute Gasteiger partial charge is 0.310 e. The molecule has 5 aliphatic rings. The first-order chi connectivity index (χ1) is 15.6. The Labute approximate surface area is 206 Å². The molecule has 0 aliphatic heterocycles. The van der Waals surface area contributed by atoms with Crippen molar-refractivity contribution in [1.82, 2.24) is 0 Å². The number of allylic oxidation sites excluding steroid dienone is 2. The molecule has 4 heteroatoms. The summed E-state index contributed by atoms with van der Waals surface area (Å²) in [5.41, 5.74) is 0.754. The number of carboxylic acid groups (broad SMARTS) is 1. The largest absolute Gasteiger partial charge is 0.481 e. The zero-order valence-corrected chi connectivity index (χ0v) is 22.6. The number of carboxylic acids is 1. The molecule has 5 aliphatic carbocycles. The summed E-state index contributed by atoms with van der Waals surface area (Å²) in [6.45, 7) is 16.3. The summed E-state index contributed by atoms with van der Waals surface area (Å²) in [6, 6.07) is 0. The van der Waals surface area contributed by atoms with E-state index >= 15 is 0 Å². The molecule has 0 heterocycles. The zero-order valence-electron chi connectivity index (χ0n) is 22.6.